The summed E-state index contributed by atoms with van der Waals surface area (Å²) in [4.78, 5) is 42.5. The van der Waals surface area contributed by atoms with Gasteiger partial charge in [0, 0.05) is 41.9 Å². The highest BCUT2D eigenvalue weighted by Crippen LogP contribution is 2.37. The molecule has 2 saturated heterocycles. The van der Waals surface area contributed by atoms with Crippen molar-refractivity contribution in [2.24, 2.45) is 0 Å². The Bertz CT molecular complexity index is 1230. The Kier molecular flexibility index (Phi) is 8.71. The predicted octanol–water partition coefficient (Wildman–Crippen LogP) is 2.92. The summed E-state index contributed by atoms with van der Waals surface area (Å²) in [5.74, 6) is -0.639. The molecule has 4 rings (SSSR count). The standard InChI is InChI=1S/C23H29ClN4O5S3/c1-2-20(29)25-13-15-5-3-12-28(15)21(30)14-27-11-4-6-16(23(27)31)26-36(32,33)22-10-8-18(35-22)17-7-9-19(24)34-17/h7-10,15-16,26H,2-6,11-14H2,1H3,(H,25,29). The number of hydrogen-bond donors (Lipinski definition) is 2. The van der Waals surface area contributed by atoms with Crippen molar-refractivity contribution in [3.8, 4) is 9.75 Å². The first-order chi connectivity index (χ1) is 17.2. The lowest BCUT2D eigenvalue weighted by atomic mass is 10.1. The summed E-state index contributed by atoms with van der Waals surface area (Å²) in [6.45, 7) is 3.05. The molecule has 36 heavy (non-hydrogen) atoms. The molecule has 3 amide bonds. The van der Waals surface area contributed by atoms with Crippen molar-refractivity contribution in [3.05, 3.63) is 28.6 Å². The van der Waals surface area contributed by atoms with Crippen LogP contribution in [0.15, 0.2) is 28.5 Å². The predicted molar refractivity (Wildman–Crippen MR) is 141 cm³/mol. The number of likely N-dealkylation sites (tertiary alicyclic amines) is 2. The van der Waals surface area contributed by atoms with Gasteiger partial charge in [0.15, 0.2) is 0 Å². The van der Waals surface area contributed by atoms with E-state index in [-0.39, 0.29) is 28.6 Å². The summed E-state index contributed by atoms with van der Waals surface area (Å²) in [6.07, 6.45) is 2.99. The number of hydrogen-bond acceptors (Lipinski definition) is 7. The maximum atomic E-state index is 13.1. The quantitative estimate of drug-likeness (QED) is 0.479. The molecule has 2 N–H and O–H groups in total. The maximum absolute atomic E-state index is 13.1. The van der Waals surface area contributed by atoms with E-state index in [1.807, 2.05) is 6.07 Å². The van der Waals surface area contributed by atoms with Gasteiger partial charge in [0.1, 0.15) is 10.3 Å². The van der Waals surface area contributed by atoms with Gasteiger partial charge in [0.2, 0.25) is 17.7 Å². The van der Waals surface area contributed by atoms with Gasteiger partial charge in [-0.05, 0) is 49.9 Å². The zero-order chi connectivity index (χ0) is 25.9. The van der Waals surface area contributed by atoms with Gasteiger partial charge in [-0.2, -0.15) is 4.72 Å². The Morgan fingerprint density at radius 1 is 1.08 bits per heavy atom. The van der Waals surface area contributed by atoms with Crippen LogP contribution in [0.5, 0.6) is 0 Å². The number of sulfonamides is 1. The lowest BCUT2D eigenvalue weighted by molar-refractivity contribution is -0.143. The summed E-state index contributed by atoms with van der Waals surface area (Å²) in [5, 5.41) is 2.84. The minimum absolute atomic E-state index is 0.0623. The SMILES string of the molecule is CCC(=O)NCC1CCCN1C(=O)CN1CCCC(NS(=O)(=O)c2ccc(-c3ccc(Cl)s3)s2)C1=O. The lowest BCUT2D eigenvalue weighted by Crippen LogP contribution is -2.55. The normalized spacial score (nSPS) is 20.7. The van der Waals surface area contributed by atoms with Crippen molar-refractivity contribution in [1.82, 2.24) is 19.8 Å². The molecule has 0 aromatic carbocycles. The third-order valence-corrected chi connectivity index (χ3v) is 10.8. The molecule has 196 valence electrons. The van der Waals surface area contributed by atoms with Crippen molar-refractivity contribution in [1.29, 1.82) is 0 Å². The zero-order valence-corrected chi connectivity index (χ0v) is 23.1. The van der Waals surface area contributed by atoms with Gasteiger partial charge in [-0.1, -0.05) is 18.5 Å². The Hall–Kier alpha value is -1.99. The van der Waals surface area contributed by atoms with Crippen LogP contribution in [-0.2, 0) is 24.4 Å². The molecule has 2 aliphatic rings. The summed E-state index contributed by atoms with van der Waals surface area (Å²) in [5.41, 5.74) is 0. The van der Waals surface area contributed by atoms with Crippen LogP contribution in [0.2, 0.25) is 4.34 Å². The molecule has 13 heteroatoms. The molecule has 2 aliphatic heterocycles. The monoisotopic (exact) mass is 572 g/mol. The Balaban J connectivity index is 1.37. The van der Waals surface area contributed by atoms with Gasteiger partial charge in [-0.15, -0.1) is 22.7 Å². The van der Waals surface area contributed by atoms with Crippen LogP contribution in [-0.4, -0.2) is 74.2 Å². The van der Waals surface area contributed by atoms with E-state index in [0.717, 1.165) is 33.9 Å². The second kappa shape index (κ2) is 11.6. The highest BCUT2D eigenvalue weighted by molar-refractivity contribution is 7.91. The smallest absolute Gasteiger partial charge is 0.250 e. The van der Waals surface area contributed by atoms with Crippen LogP contribution in [0, 0.1) is 0 Å². The first kappa shape index (κ1) is 27.1. The second-order valence-electron chi connectivity index (χ2n) is 8.84. The molecule has 2 unspecified atom stereocenters. The Morgan fingerprint density at radius 2 is 1.81 bits per heavy atom. The van der Waals surface area contributed by atoms with Gasteiger partial charge < -0.3 is 15.1 Å². The molecule has 0 bridgehead atoms. The van der Waals surface area contributed by atoms with Crippen molar-refractivity contribution in [3.63, 3.8) is 0 Å². The van der Waals surface area contributed by atoms with Gasteiger partial charge in [0.25, 0.3) is 10.0 Å². The number of carbonyl (C=O) groups is 3. The van der Waals surface area contributed by atoms with Crippen molar-refractivity contribution in [2.45, 2.75) is 55.3 Å². The number of carbonyl (C=O) groups excluding carboxylic acids is 3. The van der Waals surface area contributed by atoms with Gasteiger partial charge >= 0.3 is 0 Å². The number of rotatable bonds is 9. The molecule has 2 aromatic rings. The molecular formula is C23H29ClN4O5S3. The largest absolute Gasteiger partial charge is 0.354 e. The molecule has 4 heterocycles. The van der Waals surface area contributed by atoms with E-state index in [0.29, 0.717) is 43.2 Å². The lowest BCUT2D eigenvalue weighted by Gasteiger charge is -2.34. The van der Waals surface area contributed by atoms with Crippen molar-refractivity contribution >= 4 is 62.0 Å². The fourth-order valence-electron chi connectivity index (χ4n) is 4.48. The first-order valence-electron chi connectivity index (χ1n) is 11.9. The topological polar surface area (TPSA) is 116 Å². The van der Waals surface area contributed by atoms with Crippen molar-refractivity contribution < 1.29 is 22.8 Å². The van der Waals surface area contributed by atoms with Gasteiger partial charge in [-0.25, -0.2) is 8.42 Å². The minimum Gasteiger partial charge on any atom is -0.354 e. The molecule has 0 aliphatic carbocycles. The highest BCUT2D eigenvalue weighted by atomic mass is 35.5. The molecule has 2 aromatic heterocycles. The van der Waals surface area contributed by atoms with E-state index >= 15 is 0 Å². The van der Waals surface area contributed by atoms with E-state index < -0.39 is 22.0 Å². The molecule has 0 radical (unpaired) electrons. The fraction of sp³-hybridized carbons (Fsp3) is 0.522. The highest BCUT2D eigenvalue weighted by Gasteiger charge is 2.36. The summed E-state index contributed by atoms with van der Waals surface area (Å²) in [6, 6.07) is 5.84. The number of nitrogens with one attached hydrogen (secondary N) is 2. The van der Waals surface area contributed by atoms with E-state index in [4.69, 9.17) is 11.6 Å². The van der Waals surface area contributed by atoms with Gasteiger partial charge in [0.05, 0.1) is 10.9 Å². The van der Waals surface area contributed by atoms with E-state index in [1.54, 1.807) is 24.0 Å². The summed E-state index contributed by atoms with van der Waals surface area (Å²) >= 11 is 8.48. The fourth-order valence-corrected chi connectivity index (χ4v) is 8.16. The maximum Gasteiger partial charge on any atom is 0.250 e. The van der Waals surface area contributed by atoms with E-state index in [9.17, 15) is 22.8 Å². The molecule has 0 saturated carbocycles. The molecule has 0 spiro atoms. The third kappa shape index (κ3) is 6.28. The van der Waals surface area contributed by atoms with Crippen LogP contribution in [0.4, 0.5) is 0 Å². The Morgan fingerprint density at radius 3 is 2.53 bits per heavy atom. The number of thiophene rings is 2. The van der Waals surface area contributed by atoms with Crippen LogP contribution in [0.1, 0.15) is 39.0 Å². The van der Waals surface area contributed by atoms with Crippen LogP contribution in [0.25, 0.3) is 9.75 Å². The number of amides is 3. The zero-order valence-electron chi connectivity index (χ0n) is 19.9. The molecule has 2 atom stereocenters. The van der Waals surface area contributed by atoms with E-state index in [2.05, 4.69) is 10.0 Å². The Labute approximate surface area is 223 Å². The number of halogens is 1. The van der Waals surface area contributed by atoms with Crippen molar-refractivity contribution in [2.75, 3.05) is 26.2 Å². The average Bonchev–Trinajstić information content (AvgIpc) is 3.60. The van der Waals surface area contributed by atoms with Gasteiger partial charge in [-0.3, -0.25) is 14.4 Å². The summed E-state index contributed by atoms with van der Waals surface area (Å²) < 4.78 is 29.3. The molecular weight excluding hydrogens is 544 g/mol. The molecule has 9 nitrogen and oxygen atoms in total. The van der Waals surface area contributed by atoms with Crippen LogP contribution < -0.4 is 10.0 Å². The van der Waals surface area contributed by atoms with Crippen LogP contribution >= 0.6 is 34.3 Å². The third-order valence-electron chi connectivity index (χ3n) is 6.37. The number of nitrogens with zero attached hydrogens (tertiary/aromatic N) is 2. The molecule has 2 fully saturated rings. The van der Waals surface area contributed by atoms with E-state index in [1.165, 1.54) is 22.3 Å². The minimum atomic E-state index is -3.91. The summed E-state index contributed by atoms with van der Waals surface area (Å²) in [7, 11) is -3.91. The first-order valence-corrected chi connectivity index (χ1v) is 15.4. The second-order valence-corrected chi connectivity index (χ2v) is 13.6. The van der Waals surface area contributed by atoms with Crippen LogP contribution in [0.3, 0.4) is 0 Å². The average molecular weight is 573 g/mol. The number of piperidine rings is 1.